The van der Waals surface area contributed by atoms with Crippen molar-refractivity contribution in [3.8, 4) is 5.69 Å². The first-order valence-electron chi connectivity index (χ1n) is 7.55. The summed E-state index contributed by atoms with van der Waals surface area (Å²) in [6, 6.07) is 17.5. The number of rotatable bonds is 4. The van der Waals surface area contributed by atoms with Gasteiger partial charge in [0.05, 0.1) is 5.69 Å². The van der Waals surface area contributed by atoms with E-state index in [9.17, 15) is 4.79 Å². The molecule has 1 heterocycles. The van der Waals surface area contributed by atoms with Crippen molar-refractivity contribution in [2.45, 2.75) is 13.5 Å². The smallest absolute Gasteiger partial charge is 0.253 e. The molecule has 0 bridgehead atoms. The van der Waals surface area contributed by atoms with Crippen LogP contribution in [0.1, 0.15) is 21.5 Å². The first-order valence-corrected chi connectivity index (χ1v) is 7.55. The molecule has 0 aliphatic heterocycles. The normalized spacial score (nSPS) is 10.5. The molecule has 1 aromatic heterocycles. The first kappa shape index (κ1) is 15.0. The van der Waals surface area contributed by atoms with Crippen molar-refractivity contribution in [2.24, 2.45) is 0 Å². The van der Waals surface area contributed by atoms with Crippen molar-refractivity contribution in [1.82, 2.24) is 14.7 Å². The monoisotopic (exact) mass is 305 g/mol. The van der Waals surface area contributed by atoms with Gasteiger partial charge in [-0.25, -0.2) is 4.68 Å². The third-order valence-corrected chi connectivity index (χ3v) is 3.90. The molecule has 2 aromatic carbocycles. The molecule has 0 saturated carbocycles. The van der Waals surface area contributed by atoms with Gasteiger partial charge in [-0.3, -0.25) is 4.79 Å². The Bertz CT molecular complexity index is 792. The number of aromatic nitrogens is 2. The molecular formula is C19H19N3O. The molecule has 0 N–H and O–H groups in total. The predicted octanol–water partition coefficient (Wildman–Crippen LogP) is 3.45. The van der Waals surface area contributed by atoms with Crippen LogP contribution in [-0.2, 0) is 6.54 Å². The molecule has 0 spiro atoms. The van der Waals surface area contributed by atoms with E-state index in [1.54, 1.807) is 15.8 Å². The highest BCUT2D eigenvalue weighted by Crippen LogP contribution is 2.14. The zero-order valence-corrected chi connectivity index (χ0v) is 13.3. The van der Waals surface area contributed by atoms with Crippen molar-refractivity contribution < 1.29 is 4.79 Å². The number of carbonyl (C=O) groups excluding carboxylic acids is 1. The topological polar surface area (TPSA) is 38.1 Å². The Morgan fingerprint density at radius 1 is 1.09 bits per heavy atom. The van der Waals surface area contributed by atoms with Gasteiger partial charge in [-0.2, -0.15) is 5.10 Å². The average molecular weight is 305 g/mol. The highest BCUT2D eigenvalue weighted by Gasteiger charge is 2.13. The van der Waals surface area contributed by atoms with E-state index >= 15 is 0 Å². The zero-order chi connectivity index (χ0) is 16.2. The van der Waals surface area contributed by atoms with Crippen LogP contribution in [0.4, 0.5) is 0 Å². The highest BCUT2D eigenvalue weighted by molar-refractivity contribution is 5.94. The lowest BCUT2D eigenvalue weighted by atomic mass is 10.1. The van der Waals surface area contributed by atoms with Gasteiger partial charge in [0.25, 0.3) is 5.91 Å². The number of benzene rings is 2. The van der Waals surface area contributed by atoms with E-state index in [1.807, 2.05) is 55.7 Å². The second-order valence-electron chi connectivity index (χ2n) is 5.59. The Balaban J connectivity index is 1.73. The van der Waals surface area contributed by atoms with Gasteiger partial charge in [-0.15, -0.1) is 0 Å². The van der Waals surface area contributed by atoms with Crippen LogP contribution in [-0.4, -0.2) is 27.6 Å². The van der Waals surface area contributed by atoms with Crippen molar-refractivity contribution >= 4 is 5.91 Å². The van der Waals surface area contributed by atoms with E-state index in [0.29, 0.717) is 12.1 Å². The number of aryl methyl sites for hydroxylation is 1. The van der Waals surface area contributed by atoms with Gasteiger partial charge in [0.1, 0.15) is 0 Å². The maximum atomic E-state index is 12.6. The average Bonchev–Trinajstić information content (AvgIpc) is 3.11. The third kappa shape index (κ3) is 3.31. The summed E-state index contributed by atoms with van der Waals surface area (Å²) in [5.41, 5.74) is 3.97. The molecule has 0 aliphatic carbocycles. The van der Waals surface area contributed by atoms with Crippen LogP contribution < -0.4 is 0 Å². The molecule has 23 heavy (non-hydrogen) atoms. The van der Waals surface area contributed by atoms with Crippen LogP contribution in [0.5, 0.6) is 0 Å². The van der Waals surface area contributed by atoms with Gasteiger partial charge in [-0.1, -0.05) is 24.3 Å². The van der Waals surface area contributed by atoms with Gasteiger partial charge < -0.3 is 4.90 Å². The minimum Gasteiger partial charge on any atom is -0.337 e. The van der Waals surface area contributed by atoms with Gasteiger partial charge in [0, 0.05) is 31.5 Å². The van der Waals surface area contributed by atoms with Crippen molar-refractivity contribution in [3.05, 3.63) is 83.7 Å². The van der Waals surface area contributed by atoms with Crippen LogP contribution in [0.2, 0.25) is 0 Å². The molecule has 0 unspecified atom stereocenters. The Hall–Kier alpha value is -2.88. The quantitative estimate of drug-likeness (QED) is 0.740. The summed E-state index contributed by atoms with van der Waals surface area (Å²) in [6.07, 6.45) is 3.61. The van der Waals surface area contributed by atoms with Crippen molar-refractivity contribution in [3.63, 3.8) is 0 Å². The second kappa shape index (κ2) is 6.48. The highest BCUT2D eigenvalue weighted by atomic mass is 16.2. The lowest BCUT2D eigenvalue weighted by Crippen LogP contribution is -2.26. The summed E-state index contributed by atoms with van der Waals surface area (Å²) in [4.78, 5) is 14.3. The third-order valence-electron chi connectivity index (χ3n) is 3.90. The molecule has 4 heteroatoms. The summed E-state index contributed by atoms with van der Waals surface area (Å²) in [6.45, 7) is 2.67. The summed E-state index contributed by atoms with van der Waals surface area (Å²) in [5.74, 6) is 0.0141. The van der Waals surface area contributed by atoms with E-state index in [0.717, 1.165) is 11.3 Å². The van der Waals surface area contributed by atoms with Crippen LogP contribution >= 0.6 is 0 Å². The minimum absolute atomic E-state index is 0.0141. The summed E-state index contributed by atoms with van der Waals surface area (Å²) in [7, 11) is 1.83. The molecule has 1 amide bonds. The molecule has 0 atom stereocenters. The fraction of sp³-hybridized carbons (Fsp3) is 0.158. The molecule has 0 fully saturated rings. The largest absolute Gasteiger partial charge is 0.337 e. The first-order chi connectivity index (χ1) is 11.1. The van der Waals surface area contributed by atoms with Crippen molar-refractivity contribution in [2.75, 3.05) is 7.05 Å². The number of carbonyl (C=O) groups is 1. The summed E-state index contributed by atoms with van der Waals surface area (Å²) < 4.78 is 1.77. The number of hydrogen-bond donors (Lipinski definition) is 0. The maximum Gasteiger partial charge on any atom is 0.253 e. The molecule has 0 saturated heterocycles. The SMILES string of the molecule is Cc1ccccc1CN(C)C(=O)c1ccc(-n2cccn2)cc1. The van der Waals surface area contributed by atoms with Gasteiger partial charge in [-0.05, 0) is 48.4 Å². The lowest BCUT2D eigenvalue weighted by molar-refractivity contribution is 0.0785. The molecule has 116 valence electrons. The fourth-order valence-corrected chi connectivity index (χ4v) is 2.51. The molecular weight excluding hydrogens is 286 g/mol. The second-order valence-corrected chi connectivity index (χ2v) is 5.59. The van der Waals surface area contributed by atoms with Gasteiger partial charge in [0.15, 0.2) is 0 Å². The van der Waals surface area contributed by atoms with Crippen LogP contribution in [0.3, 0.4) is 0 Å². The van der Waals surface area contributed by atoms with Crippen LogP contribution in [0, 0.1) is 6.92 Å². The van der Waals surface area contributed by atoms with Crippen molar-refractivity contribution in [1.29, 1.82) is 0 Å². The standard InChI is InChI=1S/C19H19N3O/c1-15-6-3-4-7-17(15)14-21(2)19(23)16-8-10-18(11-9-16)22-13-5-12-20-22/h3-13H,14H2,1-2H3. The molecule has 0 radical (unpaired) electrons. The number of hydrogen-bond acceptors (Lipinski definition) is 2. The van der Waals surface area contributed by atoms with E-state index < -0.39 is 0 Å². The van der Waals surface area contributed by atoms with Gasteiger partial charge >= 0.3 is 0 Å². The molecule has 3 aromatic rings. The lowest BCUT2D eigenvalue weighted by Gasteiger charge is -2.18. The molecule has 0 aliphatic rings. The number of amides is 1. The van der Waals surface area contributed by atoms with Gasteiger partial charge in [0.2, 0.25) is 0 Å². The molecule has 4 nitrogen and oxygen atoms in total. The Morgan fingerprint density at radius 3 is 2.48 bits per heavy atom. The van der Waals surface area contributed by atoms with Crippen LogP contribution in [0.15, 0.2) is 67.0 Å². The van der Waals surface area contributed by atoms with E-state index in [1.165, 1.54) is 5.56 Å². The van der Waals surface area contributed by atoms with E-state index in [-0.39, 0.29) is 5.91 Å². The Labute approximate surface area is 136 Å². The minimum atomic E-state index is 0.0141. The van der Waals surface area contributed by atoms with Crippen LogP contribution in [0.25, 0.3) is 5.69 Å². The molecule has 3 rings (SSSR count). The van der Waals surface area contributed by atoms with E-state index in [4.69, 9.17) is 0 Å². The Kier molecular flexibility index (Phi) is 4.24. The Morgan fingerprint density at radius 2 is 1.83 bits per heavy atom. The maximum absolute atomic E-state index is 12.6. The van der Waals surface area contributed by atoms with E-state index in [2.05, 4.69) is 24.2 Å². The zero-order valence-electron chi connectivity index (χ0n) is 13.3. The number of nitrogens with zero attached hydrogens (tertiary/aromatic N) is 3. The fourth-order valence-electron chi connectivity index (χ4n) is 2.51. The predicted molar refractivity (Wildman–Crippen MR) is 90.5 cm³/mol. The summed E-state index contributed by atoms with van der Waals surface area (Å²) in [5, 5.41) is 4.18. The summed E-state index contributed by atoms with van der Waals surface area (Å²) >= 11 is 0.